The van der Waals surface area contributed by atoms with E-state index in [0.29, 0.717) is 31.2 Å². The first kappa shape index (κ1) is 38.6. The van der Waals surface area contributed by atoms with E-state index < -0.39 is 37.3 Å². The lowest BCUT2D eigenvalue weighted by molar-refractivity contribution is -0.171. The number of nitrogens with one attached hydrogen (secondary N) is 2. The van der Waals surface area contributed by atoms with Crippen LogP contribution in [0, 0.1) is 5.92 Å². The number of hydrogen-bond acceptors (Lipinski definition) is 8. The maximum absolute atomic E-state index is 13.5. The maximum Gasteiger partial charge on any atom is 0.363 e. The molecule has 4 aromatic rings. The van der Waals surface area contributed by atoms with Crippen molar-refractivity contribution in [3.8, 4) is 22.8 Å². The smallest absolute Gasteiger partial charge is 0.363 e. The first-order valence-electron chi connectivity index (χ1n) is 16.7. The first-order valence-corrected chi connectivity index (χ1v) is 18.3. The molecule has 51 heavy (non-hydrogen) atoms. The number of unbranched alkanes of at least 4 members (excludes halogenated alkanes) is 2. The zero-order chi connectivity index (χ0) is 37.0. The molecule has 0 fully saturated rings. The van der Waals surface area contributed by atoms with Gasteiger partial charge in [0.2, 0.25) is 12.3 Å². The van der Waals surface area contributed by atoms with Gasteiger partial charge in [-0.3, -0.25) is 18.9 Å². The fourth-order valence-corrected chi connectivity index (χ4v) is 6.14. The third-order valence-corrected chi connectivity index (χ3v) is 9.06. The third-order valence-electron chi connectivity index (χ3n) is 8.13. The molecule has 0 saturated heterocycles. The predicted molar refractivity (Wildman–Crippen MR) is 188 cm³/mol. The Kier molecular flexibility index (Phi) is 13.8. The zero-order valence-electron chi connectivity index (χ0n) is 28.7. The van der Waals surface area contributed by atoms with Gasteiger partial charge in [-0.05, 0) is 86.5 Å². The van der Waals surface area contributed by atoms with Gasteiger partial charge in [0, 0.05) is 23.6 Å². The summed E-state index contributed by atoms with van der Waals surface area (Å²) >= 11 is 0. The molecular weight excluding hydrogens is 679 g/mol. The number of benzene rings is 2. The Labute approximate surface area is 295 Å². The van der Waals surface area contributed by atoms with Gasteiger partial charge in [-0.15, -0.1) is 0 Å². The fraction of sp³-hybridized carbons (Fsp3) is 0.333. The van der Waals surface area contributed by atoms with Crippen LogP contribution in [0.3, 0.4) is 0 Å². The van der Waals surface area contributed by atoms with Gasteiger partial charge in [-0.2, -0.15) is 5.06 Å². The minimum absolute atomic E-state index is 0.106. The Balaban J connectivity index is 1.41. The van der Waals surface area contributed by atoms with E-state index in [1.54, 1.807) is 38.1 Å². The second-order valence-electron chi connectivity index (χ2n) is 11.6. The van der Waals surface area contributed by atoms with E-state index in [0.717, 1.165) is 23.6 Å². The first-order chi connectivity index (χ1) is 24.5. The van der Waals surface area contributed by atoms with Gasteiger partial charge in [-0.1, -0.05) is 33.1 Å². The number of hydroxylamine groups is 2. The largest absolute Gasteiger partial charge is 0.494 e. The van der Waals surface area contributed by atoms with Gasteiger partial charge < -0.3 is 39.0 Å². The van der Waals surface area contributed by atoms with Gasteiger partial charge in [-0.25, -0.2) is 4.79 Å². The van der Waals surface area contributed by atoms with E-state index in [9.17, 15) is 33.5 Å². The minimum atomic E-state index is -4.61. The van der Waals surface area contributed by atoms with Crippen molar-refractivity contribution in [2.75, 3.05) is 13.3 Å². The third kappa shape index (κ3) is 10.4. The molecule has 0 aliphatic rings. The Morgan fingerprint density at radius 1 is 0.980 bits per heavy atom. The van der Waals surface area contributed by atoms with Crippen LogP contribution in [0.1, 0.15) is 73.8 Å². The highest BCUT2D eigenvalue weighted by molar-refractivity contribution is 7.60. The standard InChI is InChI=1S/C36H43N4O10P/c1-4-7-8-11-30(31(5-2)40(24-41)50-36(44)25-12-14-27(15-13-25)39-18-9-10-19-39)34(42)37-23-38-35(43)33-17-16-32(49-33)26-20-28(48-6-3)22-29(21-26)51(45,46)47/h9-10,12-22,24,30-31H,4-8,11,23H2,1-3H3,(H,37,42)(H,38,43)(H2,45,46,47)/t30-,31-/m1/s1. The Morgan fingerprint density at radius 3 is 2.33 bits per heavy atom. The number of nitrogens with zero attached hydrogens (tertiary/aromatic N) is 2. The summed E-state index contributed by atoms with van der Waals surface area (Å²) in [7, 11) is -4.61. The van der Waals surface area contributed by atoms with Crippen molar-refractivity contribution < 1.29 is 47.5 Å². The van der Waals surface area contributed by atoms with E-state index in [2.05, 4.69) is 10.6 Å². The average Bonchev–Trinajstić information content (AvgIpc) is 3.84. The minimum Gasteiger partial charge on any atom is -0.494 e. The van der Waals surface area contributed by atoms with E-state index >= 15 is 0 Å². The molecule has 2 atom stereocenters. The Morgan fingerprint density at radius 2 is 1.71 bits per heavy atom. The molecule has 4 rings (SSSR count). The number of carbonyl (C=O) groups is 4. The molecular formula is C36H43N4O10P. The summed E-state index contributed by atoms with van der Waals surface area (Å²) < 4.78 is 24.9. The molecule has 3 amide bonds. The molecule has 15 heteroatoms. The molecule has 0 aliphatic heterocycles. The number of amides is 3. The molecule has 0 unspecified atom stereocenters. The van der Waals surface area contributed by atoms with Crippen molar-refractivity contribution in [2.24, 2.45) is 5.92 Å². The van der Waals surface area contributed by atoms with Crippen LogP contribution in [0.25, 0.3) is 17.0 Å². The molecule has 272 valence electrons. The van der Waals surface area contributed by atoms with Crippen molar-refractivity contribution in [1.29, 1.82) is 0 Å². The molecule has 2 heterocycles. The molecule has 0 radical (unpaired) electrons. The van der Waals surface area contributed by atoms with E-state index in [1.165, 1.54) is 30.3 Å². The quantitative estimate of drug-likeness (QED) is 0.0339. The van der Waals surface area contributed by atoms with Crippen molar-refractivity contribution >= 4 is 37.1 Å². The summed E-state index contributed by atoms with van der Waals surface area (Å²) in [4.78, 5) is 76.6. The predicted octanol–water partition coefficient (Wildman–Crippen LogP) is 4.95. The van der Waals surface area contributed by atoms with Gasteiger partial charge in [0.05, 0.1) is 36.1 Å². The number of rotatable bonds is 19. The van der Waals surface area contributed by atoms with Crippen LogP contribution in [-0.2, 0) is 19.0 Å². The summed E-state index contributed by atoms with van der Waals surface area (Å²) in [6, 6.07) is 16.6. The second-order valence-corrected chi connectivity index (χ2v) is 13.2. The molecule has 2 aromatic carbocycles. The van der Waals surface area contributed by atoms with Crippen molar-refractivity contribution in [3.05, 3.63) is 90.4 Å². The van der Waals surface area contributed by atoms with Gasteiger partial charge in [0.25, 0.3) is 5.91 Å². The summed E-state index contributed by atoms with van der Waals surface area (Å²) in [5.41, 5.74) is 1.36. The molecule has 0 saturated carbocycles. The van der Waals surface area contributed by atoms with Crippen LogP contribution in [0.2, 0.25) is 0 Å². The monoisotopic (exact) mass is 722 g/mol. The highest BCUT2D eigenvalue weighted by Gasteiger charge is 2.33. The summed E-state index contributed by atoms with van der Waals surface area (Å²) in [5.74, 6) is -2.33. The Hall–Kier alpha value is -5.17. The normalized spacial score (nSPS) is 12.4. The van der Waals surface area contributed by atoms with E-state index in [1.807, 2.05) is 36.0 Å². The average molecular weight is 723 g/mol. The van der Waals surface area contributed by atoms with Crippen LogP contribution in [0.4, 0.5) is 0 Å². The van der Waals surface area contributed by atoms with Crippen LogP contribution in [-0.4, -0.2) is 62.9 Å². The molecule has 14 nitrogen and oxygen atoms in total. The molecule has 2 aromatic heterocycles. The Bertz CT molecular complexity index is 1820. The van der Waals surface area contributed by atoms with E-state index in [-0.39, 0.29) is 41.4 Å². The fourth-order valence-electron chi connectivity index (χ4n) is 5.54. The molecule has 4 N–H and O–H groups in total. The summed E-state index contributed by atoms with van der Waals surface area (Å²) in [5, 5.41) is 5.88. The lowest BCUT2D eigenvalue weighted by atomic mass is 9.90. The SMILES string of the molecule is CCCCC[C@@H](C(=O)NCNC(=O)c1ccc(-c2cc(OCC)cc(P(=O)(O)O)c2)o1)[C@@H](CC)N(C=O)OC(=O)c1ccc(-n2cccc2)cc1. The maximum atomic E-state index is 13.5. The number of hydrogen-bond donors (Lipinski definition) is 4. The van der Waals surface area contributed by atoms with Crippen molar-refractivity contribution in [3.63, 3.8) is 0 Å². The van der Waals surface area contributed by atoms with Crippen LogP contribution in [0.5, 0.6) is 5.75 Å². The summed E-state index contributed by atoms with van der Waals surface area (Å²) in [6.07, 6.45) is 7.26. The van der Waals surface area contributed by atoms with Crippen molar-refractivity contribution in [2.45, 2.75) is 58.9 Å². The lowest BCUT2D eigenvalue weighted by Gasteiger charge is -2.31. The van der Waals surface area contributed by atoms with Crippen LogP contribution < -0.4 is 20.7 Å². The van der Waals surface area contributed by atoms with Crippen LogP contribution in [0.15, 0.2) is 83.5 Å². The highest BCUT2D eigenvalue weighted by Crippen LogP contribution is 2.37. The molecule has 0 bridgehead atoms. The van der Waals surface area contributed by atoms with Crippen LogP contribution >= 0.6 is 7.60 Å². The topological polar surface area (TPSA) is 190 Å². The number of carbonyl (C=O) groups excluding carboxylic acids is 4. The molecule has 0 spiro atoms. The number of ether oxygens (including phenoxy) is 1. The van der Waals surface area contributed by atoms with Gasteiger partial charge >= 0.3 is 13.6 Å². The summed E-state index contributed by atoms with van der Waals surface area (Å²) in [6.45, 7) is 5.53. The molecule has 0 aliphatic carbocycles. The highest BCUT2D eigenvalue weighted by atomic mass is 31.2. The number of aromatic nitrogens is 1. The lowest BCUT2D eigenvalue weighted by Crippen LogP contribution is -2.49. The van der Waals surface area contributed by atoms with Gasteiger partial charge in [0.1, 0.15) is 11.5 Å². The number of furan rings is 1. The second kappa shape index (κ2) is 18.2. The van der Waals surface area contributed by atoms with Crippen molar-refractivity contribution in [1.82, 2.24) is 20.3 Å². The van der Waals surface area contributed by atoms with E-state index in [4.69, 9.17) is 14.0 Å². The van der Waals surface area contributed by atoms with Gasteiger partial charge in [0.15, 0.2) is 5.76 Å². The zero-order valence-corrected chi connectivity index (χ0v) is 29.6.